The smallest absolute Gasteiger partial charge is 0.306 e. The number of aryl methyl sites for hydroxylation is 1. The highest BCUT2D eigenvalue weighted by molar-refractivity contribution is 5.81. The molecule has 1 heterocycles. The predicted molar refractivity (Wildman–Crippen MR) is 65.7 cm³/mol. The molecule has 0 aliphatic heterocycles. The van der Waals surface area contributed by atoms with Crippen LogP contribution in [0, 0.1) is 6.92 Å². The van der Waals surface area contributed by atoms with E-state index in [-0.39, 0.29) is 24.7 Å². The normalized spacial score (nSPS) is 10.2. The molecule has 0 aliphatic rings. The lowest BCUT2D eigenvalue weighted by Gasteiger charge is -2.05. The quantitative estimate of drug-likeness (QED) is 0.757. The van der Waals surface area contributed by atoms with Gasteiger partial charge in [-0.15, -0.1) is 0 Å². The summed E-state index contributed by atoms with van der Waals surface area (Å²) >= 11 is 0. The van der Waals surface area contributed by atoms with Crippen molar-refractivity contribution in [3.63, 3.8) is 0 Å². The Balaban J connectivity index is 2.29. The average molecular weight is 253 g/mol. The third-order valence-electron chi connectivity index (χ3n) is 2.67. The minimum atomic E-state index is -0.342. The van der Waals surface area contributed by atoms with E-state index >= 15 is 0 Å². The van der Waals surface area contributed by atoms with Gasteiger partial charge in [-0.2, -0.15) is 5.10 Å². The number of aromatic nitrogens is 2. The molecule has 6 heteroatoms. The Morgan fingerprint density at radius 1 is 1.44 bits per heavy atom. The van der Waals surface area contributed by atoms with Gasteiger partial charge in [-0.05, 0) is 13.8 Å². The van der Waals surface area contributed by atoms with E-state index in [1.165, 1.54) is 0 Å². The Kier molecular flexibility index (Phi) is 5.35. The molecule has 0 aliphatic carbocycles. The zero-order valence-electron chi connectivity index (χ0n) is 11.0. The van der Waals surface area contributed by atoms with Crippen molar-refractivity contribution in [1.29, 1.82) is 0 Å². The summed E-state index contributed by atoms with van der Waals surface area (Å²) in [5, 5.41) is 6.83. The van der Waals surface area contributed by atoms with Crippen molar-refractivity contribution in [3.8, 4) is 0 Å². The van der Waals surface area contributed by atoms with Crippen LogP contribution in [-0.2, 0) is 27.9 Å². The van der Waals surface area contributed by atoms with E-state index in [2.05, 4.69) is 10.4 Å². The van der Waals surface area contributed by atoms with Crippen LogP contribution in [0.2, 0.25) is 0 Å². The molecule has 0 atom stereocenters. The molecule has 1 rings (SSSR count). The second kappa shape index (κ2) is 6.78. The molecule has 1 amide bonds. The van der Waals surface area contributed by atoms with Crippen molar-refractivity contribution >= 4 is 11.9 Å². The van der Waals surface area contributed by atoms with Gasteiger partial charge in [-0.3, -0.25) is 14.3 Å². The number of rotatable bonds is 6. The number of nitrogens with one attached hydrogen (secondary N) is 1. The summed E-state index contributed by atoms with van der Waals surface area (Å²) in [5.74, 6) is -0.503. The van der Waals surface area contributed by atoms with Crippen molar-refractivity contribution in [1.82, 2.24) is 15.1 Å². The molecule has 0 saturated carbocycles. The van der Waals surface area contributed by atoms with Gasteiger partial charge in [-0.1, -0.05) is 0 Å². The van der Waals surface area contributed by atoms with Gasteiger partial charge in [0.2, 0.25) is 5.91 Å². The van der Waals surface area contributed by atoms with Crippen molar-refractivity contribution in [2.75, 3.05) is 6.61 Å². The molecular weight excluding hydrogens is 234 g/mol. The number of hydrogen-bond donors (Lipinski definition) is 1. The van der Waals surface area contributed by atoms with Crippen molar-refractivity contribution in [2.24, 2.45) is 7.05 Å². The van der Waals surface area contributed by atoms with E-state index < -0.39 is 0 Å². The lowest BCUT2D eigenvalue weighted by atomic mass is 10.2. The second-order valence-electron chi connectivity index (χ2n) is 3.96. The Labute approximate surface area is 106 Å². The van der Waals surface area contributed by atoms with Gasteiger partial charge >= 0.3 is 5.97 Å². The second-order valence-corrected chi connectivity index (χ2v) is 3.96. The highest BCUT2D eigenvalue weighted by Gasteiger charge is 2.09. The number of ether oxygens (including phenoxy) is 1. The lowest BCUT2D eigenvalue weighted by Crippen LogP contribution is -2.23. The lowest BCUT2D eigenvalue weighted by molar-refractivity contribution is -0.144. The summed E-state index contributed by atoms with van der Waals surface area (Å²) in [4.78, 5) is 22.6. The van der Waals surface area contributed by atoms with Gasteiger partial charge in [0.25, 0.3) is 0 Å². The number of carbonyl (C=O) groups excluding carboxylic acids is 2. The zero-order chi connectivity index (χ0) is 13.5. The van der Waals surface area contributed by atoms with E-state index in [1.54, 1.807) is 17.8 Å². The number of carbonyl (C=O) groups is 2. The molecule has 1 aromatic rings. The molecule has 18 heavy (non-hydrogen) atoms. The Bertz CT molecular complexity index is 426. The maximum absolute atomic E-state index is 11.5. The van der Waals surface area contributed by atoms with E-state index in [0.29, 0.717) is 13.2 Å². The number of nitrogens with zero attached hydrogens (tertiary/aromatic N) is 2. The topological polar surface area (TPSA) is 73.2 Å². The first-order chi connectivity index (χ1) is 8.54. The summed E-state index contributed by atoms with van der Waals surface area (Å²) in [7, 11) is 1.85. The van der Waals surface area contributed by atoms with Crippen molar-refractivity contribution in [3.05, 3.63) is 17.5 Å². The standard InChI is InChI=1S/C12H19N3O3/c1-4-18-12(17)6-5-11(16)13-7-10-8-14-15(3)9(10)2/h8H,4-7H2,1-3H3,(H,13,16). The molecule has 0 spiro atoms. The first kappa shape index (κ1) is 14.2. The van der Waals surface area contributed by atoms with Gasteiger partial charge in [-0.25, -0.2) is 0 Å². The average Bonchev–Trinajstić information content (AvgIpc) is 2.65. The molecule has 1 aromatic heterocycles. The molecule has 0 aromatic carbocycles. The molecule has 1 N–H and O–H groups in total. The third kappa shape index (κ3) is 4.20. The Morgan fingerprint density at radius 3 is 2.72 bits per heavy atom. The fraction of sp³-hybridized carbons (Fsp3) is 0.583. The van der Waals surface area contributed by atoms with E-state index in [4.69, 9.17) is 4.74 Å². The van der Waals surface area contributed by atoms with Crippen LogP contribution in [0.3, 0.4) is 0 Å². The fourth-order valence-electron chi connectivity index (χ4n) is 1.45. The third-order valence-corrected chi connectivity index (χ3v) is 2.67. The molecule has 6 nitrogen and oxygen atoms in total. The molecule has 0 saturated heterocycles. The van der Waals surface area contributed by atoms with Crippen LogP contribution in [0.5, 0.6) is 0 Å². The van der Waals surface area contributed by atoms with Crippen LogP contribution in [0.4, 0.5) is 0 Å². The highest BCUT2D eigenvalue weighted by Crippen LogP contribution is 2.04. The van der Waals surface area contributed by atoms with Crippen molar-refractivity contribution in [2.45, 2.75) is 33.2 Å². The molecule has 0 radical (unpaired) electrons. The zero-order valence-corrected chi connectivity index (χ0v) is 11.0. The number of esters is 1. The van der Waals surface area contributed by atoms with E-state index in [1.807, 2.05) is 14.0 Å². The summed E-state index contributed by atoms with van der Waals surface area (Å²) < 4.78 is 6.50. The summed E-state index contributed by atoms with van der Waals surface area (Å²) in [6, 6.07) is 0. The first-order valence-corrected chi connectivity index (χ1v) is 5.94. The molecular formula is C12H19N3O3. The largest absolute Gasteiger partial charge is 0.466 e. The maximum Gasteiger partial charge on any atom is 0.306 e. The molecule has 100 valence electrons. The molecule has 0 fully saturated rings. The number of amides is 1. The highest BCUT2D eigenvalue weighted by atomic mass is 16.5. The van der Waals surface area contributed by atoms with Crippen LogP contribution in [0.25, 0.3) is 0 Å². The minimum Gasteiger partial charge on any atom is -0.466 e. The molecule has 0 unspecified atom stereocenters. The maximum atomic E-state index is 11.5. The van der Waals surface area contributed by atoms with Gasteiger partial charge in [0.05, 0.1) is 19.2 Å². The summed E-state index contributed by atoms with van der Waals surface area (Å²) in [5.41, 5.74) is 1.99. The van der Waals surface area contributed by atoms with E-state index in [0.717, 1.165) is 11.3 Å². The van der Waals surface area contributed by atoms with Crippen LogP contribution in [0.15, 0.2) is 6.20 Å². The van der Waals surface area contributed by atoms with Crippen LogP contribution in [-0.4, -0.2) is 28.3 Å². The van der Waals surface area contributed by atoms with Crippen LogP contribution < -0.4 is 5.32 Å². The number of hydrogen-bond acceptors (Lipinski definition) is 4. The van der Waals surface area contributed by atoms with Crippen LogP contribution in [0.1, 0.15) is 31.0 Å². The van der Waals surface area contributed by atoms with Gasteiger partial charge in [0.15, 0.2) is 0 Å². The first-order valence-electron chi connectivity index (χ1n) is 5.94. The predicted octanol–water partition coefficient (Wildman–Crippen LogP) is 0.688. The monoisotopic (exact) mass is 253 g/mol. The fourth-order valence-corrected chi connectivity index (χ4v) is 1.45. The Hall–Kier alpha value is -1.85. The van der Waals surface area contributed by atoms with Gasteiger partial charge < -0.3 is 10.1 Å². The van der Waals surface area contributed by atoms with Crippen molar-refractivity contribution < 1.29 is 14.3 Å². The SMILES string of the molecule is CCOC(=O)CCC(=O)NCc1cnn(C)c1C. The summed E-state index contributed by atoms with van der Waals surface area (Å²) in [6.07, 6.45) is 1.99. The van der Waals surface area contributed by atoms with Gasteiger partial charge in [0, 0.05) is 31.3 Å². The molecule has 0 bridgehead atoms. The Morgan fingerprint density at radius 2 is 2.17 bits per heavy atom. The summed E-state index contributed by atoms with van der Waals surface area (Å²) in [6.45, 7) is 4.45. The van der Waals surface area contributed by atoms with Gasteiger partial charge in [0.1, 0.15) is 0 Å². The van der Waals surface area contributed by atoms with E-state index in [9.17, 15) is 9.59 Å². The van der Waals surface area contributed by atoms with Crippen LogP contribution >= 0.6 is 0 Å². The minimum absolute atomic E-state index is 0.117.